The van der Waals surface area contributed by atoms with Gasteiger partial charge >= 0.3 is 0 Å². The minimum absolute atomic E-state index is 0.0379. The third kappa shape index (κ3) is 3.66. The summed E-state index contributed by atoms with van der Waals surface area (Å²) in [6, 6.07) is 6.73. The Balaban J connectivity index is 1.54. The summed E-state index contributed by atoms with van der Waals surface area (Å²) in [6.45, 7) is 2.15. The van der Waals surface area contributed by atoms with E-state index in [9.17, 15) is 9.18 Å². The molecule has 1 aliphatic carbocycles. The topological polar surface area (TPSA) is 49.0 Å². The number of hydrogen-bond donors (Lipinski definition) is 1. The van der Waals surface area contributed by atoms with Crippen molar-refractivity contribution in [2.24, 2.45) is 0 Å². The van der Waals surface area contributed by atoms with E-state index in [-0.39, 0.29) is 11.4 Å². The van der Waals surface area contributed by atoms with E-state index in [1.165, 1.54) is 25.3 Å². The fourth-order valence-corrected chi connectivity index (χ4v) is 4.11. The maximum Gasteiger partial charge on any atom is 0.254 e. The van der Waals surface area contributed by atoms with Crippen molar-refractivity contribution in [1.82, 2.24) is 14.9 Å². The summed E-state index contributed by atoms with van der Waals surface area (Å²) in [5, 5.41) is 0. The Morgan fingerprint density at radius 2 is 2.08 bits per heavy atom. The molecule has 5 heteroatoms. The molecule has 1 saturated carbocycles. The lowest BCUT2D eigenvalue weighted by molar-refractivity contribution is 0.239. The lowest BCUT2D eigenvalue weighted by Crippen LogP contribution is -2.35. The van der Waals surface area contributed by atoms with E-state index in [2.05, 4.69) is 9.88 Å². The lowest BCUT2D eigenvalue weighted by atomic mass is 9.88. The molecule has 0 amide bonds. The highest BCUT2D eigenvalue weighted by Crippen LogP contribution is 2.30. The predicted octanol–water partition coefficient (Wildman–Crippen LogP) is 3.52. The van der Waals surface area contributed by atoms with E-state index in [1.54, 1.807) is 12.1 Å². The molecule has 4 nitrogen and oxygen atoms in total. The number of aromatic nitrogens is 2. The summed E-state index contributed by atoms with van der Waals surface area (Å²) < 4.78 is 13.4. The normalized spacial score (nSPS) is 18.9. The van der Waals surface area contributed by atoms with Crippen molar-refractivity contribution in [3.8, 4) is 0 Å². The number of nitrogens with zero attached hydrogens (tertiary/aromatic N) is 2. The molecule has 0 spiro atoms. The van der Waals surface area contributed by atoms with Gasteiger partial charge in [0.1, 0.15) is 11.6 Å². The summed E-state index contributed by atoms with van der Waals surface area (Å²) in [7, 11) is 0. The number of fused-ring (bicyclic) bond motifs is 1. The lowest BCUT2D eigenvalue weighted by Gasteiger charge is -2.29. The van der Waals surface area contributed by atoms with Gasteiger partial charge in [-0.1, -0.05) is 31.4 Å². The van der Waals surface area contributed by atoms with Crippen molar-refractivity contribution in [3.63, 3.8) is 0 Å². The van der Waals surface area contributed by atoms with E-state index < -0.39 is 0 Å². The molecule has 1 fully saturated rings. The second-order valence-electron chi connectivity index (χ2n) is 7.30. The summed E-state index contributed by atoms with van der Waals surface area (Å²) in [5.41, 5.74) is 2.74. The van der Waals surface area contributed by atoms with Gasteiger partial charge in [0.2, 0.25) is 0 Å². The zero-order chi connectivity index (χ0) is 17.2. The highest BCUT2D eigenvalue weighted by molar-refractivity contribution is 5.23. The van der Waals surface area contributed by atoms with Gasteiger partial charge < -0.3 is 4.98 Å². The van der Waals surface area contributed by atoms with Crippen molar-refractivity contribution in [1.29, 1.82) is 0 Å². The van der Waals surface area contributed by atoms with Gasteiger partial charge in [-0.15, -0.1) is 0 Å². The van der Waals surface area contributed by atoms with Crippen molar-refractivity contribution in [2.75, 3.05) is 6.54 Å². The van der Waals surface area contributed by atoms with Crippen LogP contribution < -0.4 is 5.56 Å². The minimum Gasteiger partial charge on any atom is -0.310 e. The Bertz CT molecular complexity index is 811. The van der Waals surface area contributed by atoms with Crippen LogP contribution in [0.15, 0.2) is 29.1 Å². The molecule has 1 N–H and O–H groups in total. The Kier molecular flexibility index (Phi) is 4.66. The Hall–Kier alpha value is -2.01. The number of halogens is 1. The van der Waals surface area contributed by atoms with E-state index >= 15 is 0 Å². The van der Waals surface area contributed by atoms with E-state index in [0.717, 1.165) is 42.0 Å². The average molecular weight is 341 g/mol. The average Bonchev–Trinajstić information content (AvgIpc) is 2.62. The molecule has 1 aromatic carbocycles. The molecule has 0 unspecified atom stereocenters. The minimum atomic E-state index is -0.205. The fraction of sp³-hybridized carbons (Fsp3) is 0.500. The Labute approximate surface area is 147 Å². The molecule has 0 bridgehead atoms. The molecule has 2 aromatic rings. The molecule has 0 radical (unpaired) electrons. The second-order valence-corrected chi connectivity index (χ2v) is 7.30. The van der Waals surface area contributed by atoms with Crippen molar-refractivity contribution in [2.45, 2.75) is 57.5 Å². The van der Waals surface area contributed by atoms with Gasteiger partial charge in [-0.2, -0.15) is 0 Å². The number of hydrogen-bond acceptors (Lipinski definition) is 3. The van der Waals surface area contributed by atoms with Crippen LogP contribution >= 0.6 is 0 Å². The first kappa shape index (κ1) is 16.5. The van der Waals surface area contributed by atoms with Gasteiger partial charge in [0.05, 0.1) is 5.69 Å². The molecule has 0 atom stereocenters. The number of rotatable bonds is 3. The van der Waals surface area contributed by atoms with Gasteiger partial charge in [-0.05, 0) is 37.0 Å². The molecule has 2 heterocycles. The molecule has 4 rings (SSSR count). The Morgan fingerprint density at radius 1 is 1.24 bits per heavy atom. The van der Waals surface area contributed by atoms with Crippen LogP contribution in [0.2, 0.25) is 0 Å². The van der Waals surface area contributed by atoms with E-state index in [4.69, 9.17) is 4.98 Å². The first-order chi connectivity index (χ1) is 12.2. The molecule has 1 aromatic heterocycles. The highest BCUT2D eigenvalue weighted by atomic mass is 19.1. The smallest absolute Gasteiger partial charge is 0.254 e. The third-order valence-corrected chi connectivity index (χ3v) is 5.46. The zero-order valence-electron chi connectivity index (χ0n) is 14.4. The summed E-state index contributed by atoms with van der Waals surface area (Å²) in [6.07, 6.45) is 6.67. The first-order valence-corrected chi connectivity index (χ1v) is 9.28. The zero-order valence-corrected chi connectivity index (χ0v) is 14.4. The first-order valence-electron chi connectivity index (χ1n) is 9.28. The molecule has 1 aliphatic heterocycles. The van der Waals surface area contributed by atoms with Crippen molar-refractivity contribution >= 4 is 0 Å². The maximum absolute atomic E-state index is 13.4. The third-order valence-electron chi connectivity index (χ3n) is 5.46. The summed E-state index contributed by atoms with van der Waals surface area (Å²) >= 11 is 0. The monoisotopic (exact) mass is 341 g/mol. The summed E-state index contributed by atoms with van der Waals surface area (Å²) in [5.74, 6) is 1.06. The van der Waals surface area contributed by atoms with Crippen LogP contribution in [-0.4, -0.2) is 21.4 Å². The van der Waals surface area contributed by atoms with Gasteiger partial charge in [0, 0.05) is 31.1 Å². The largest absolute Gasteiger partial charge is 0.310 e. The number of aromatic amines is 1. The van der Waals surface area contributed by atoms with Crippen molar-refractivity contribution in [3.05, 3.63) is 63.1 Å². The molecule has 25 heavy (non-hydrogen) atoms. The Morgan fingerprint density at radius 3 is 2.88 bits per heavy atom. The van der Waals surface area contributed by atoms with E-state index in [0.29, 0.717) is 25.4 Å². The van der Waals surface area contributed by atoms with Crippen LogP contribution in [0, 0.1) is 5.82 Å². The van der Waals surface area contributed by atoms with Crippen LogP contribution in [0.25, 0.3) is 0 Å². The number of benzene rings is 1. The van der Waals surface area contributed by atoms with Gasteiger partial charge in [-0.25, -0.2) is 9.37 Å². The molecule has 132 valence electrons. The quantitative estimate of drug-likeness (QED) is 0.929. The predicted molar refractivity (Wildman–Crippen MR) is 94.9 cm³/mol. The second kappa shape index (κ2) is 7.08. The van der Waals surface area contributed by atoms with Crippen LogP contribution in [0.4, 0.5) is 4.39 Å². The van der Waals surface area contributed by atoms with Crippen LogP contribution in [0.1, 0.15) is 60.7 Å². The van der Waals surface area contributed by atoms with Crippen molar-refractivity contribution < 1.29 is 4.39 Å². The maximum atomic E-state index is 13.4. The highest BCUT2D eigenvalue weighted by Gasteiger charge is 2.24. The fourth-order valence-electron chi connectivity index (χ4n) is 4.11. The standard InChI is InChI=1S/C20H24FN3O/c21-16-8-4-5-14(11-16)12-24-10-9-17-18(13-24)22-19(23-20(17)25)15-6-2-1-3-7-15/h4-5,8,11,15H,1-3,6-7,9-10,12-13H2,(H,22,23,25). The van der Waals surface area contributed by atoms with Gasteiger partial charge in [0.25, 0.3) is 5.56 Å². The van der Waals surface area contributed by atoms with Crippen LogP contribution in [0.5, 0.6) is 0 Å². The SMILES string of the molecule is O=c1[nH]c(C2CCCCC2)nc2c1CCN(Cc1cccc(F)c1)C2. The number of H-pyrrole nitrogens is 1. The van der Waals surface area contributed by atoms with Gasteiger partial charge in [0.15, 0.2) is 0 Å². The number of nitrogens with one attached hydrogen (secondary N) is 1. The van der Waals surface area contributed by atoms with Crippen LogP contribution in [-0.2, 0) is 19.5 Å². The molecular weight excluding hydrogens is 317 g/mol. The van der Waals surface area contributed by atoms with Crippen LogP contribution in [0.3, 0.4) is 0 Å². The summed E-state index contributed by atoms with van der Waals surface area (Å²) in [4.78, 5) is 22.6. The van der Waals surface area contributed by atoms with E-state index in [1.807, 2.05) is 6.07 Å². The molecule has 2 aliphatic rings. The van der Waals surface area contributed by atoms with Gasteiger partial charge in [-0.3, -0.25) is 9.69 Å². The molecular formula is C20H24FN3O. The molecule has 0 saturated heterocycles.